The minimum Gasteiger partial charge on any atom is -0.492 e. The molecule has 1 aliphatic heterocycles. The monoisotopic (exact) mass is 409 g/mol. The van der Waals surface area contributed by atoms with Crippen LogP contribution in [0.1, 0.15) is 29.2 Å². The van der Waals surface area contributed by atoms with E-state index in [1.165, 1.54) is 13.3 Å². The Morgan fingerprint density at radius 2 is 2.03 bits per heavy atom. The maximum atomic E-state index is 15.1. The van der Waals surface area contributed by atoms with Gasteiger partial charge in [0.15, 0.2) is 11.6 Å². The fourth-order valence-corrected chi connectivity index (χ4v) is 3.98. The molecule has 2 unspecified atom stereocenters. The number of carbonyl (C=O) groups is 1. The highest BCUT2D eigenvalue weighted by Crippen LogP contribution is 2.44. The molecule has 1 aromatic heterocycles. The number of fused-ring (bicyclic) bond motifs is 1. The molecule has 10 heteroatoms. The highest BCUT2D eigenvalue weighted by molar-refractivity contribution is 5.97. The summed E-state index contributed by atoms with van der Waals surface area (Å²) in [5.41, 5.74) is -0.569. The molecule has 158 valence electrons. The molecule has 0 bridgehead atoms. The van der Waals surface area contributed by atoms with Gasteiger partial charge in [-0.2, -0.15) is 0 Å². The molecule has 1 aromatic carbocycles. The van der Waals surface area contributed by atoms with Crippen molar-refractivity contribution in [3.8, 4) is 5.75 Å². The summed E-state index contributed by atoms with van der Waals surface area (Å²) in [5, 5.41) is 22.6. The molecule has 0 spiro atoms. The molecule has 4 rings (SSSR count). The second-order valence-electron chi connectivity index (χ2n) is 7.32. The second-order valence-corrected chi connectivity index (χ2v) is 7.32. The molecule has 2 aliphatic rings. The number of likely N-dealkylation sites (N-methyl/N-ethyl adjacent to an activating group) is 1. The van der Waals surface area contributed by atoms with Crippen LogP contribution in [0, 0.1) is 5.82 Å². The quantitative estimate of drug-likeness (QED) is 0.638. The normalized spacial score (nSPS) is 21.3. The van der Waals surface area contributed by atoms with Gasteiger partial charge in [-0.1, -0.05) is 0 Å². The zero-order valence-electron chi connectivity index (χ0n) is 16.1. The van der Waals surface area contributed by atoms with Crippen molar-refractivity contribution in [2.45, 2.75) is 31.0 Å². The number of nitrogens with zero attached hydrogens (tertiary/aromatic N) is 2. The third kappa shape index (κ3) is 3.33. The van der Waals surface area contributed by atoms with E-state index in [4.69, 9.17) is 4.74 Å². The van der Waals surface area contributed by atoms with E-state index in [0.717, 1.165) is 18.9 Å². The average molecular weight is 409 g/mol. The SMILES string of the molecule is CNC1CN(c2c(F)cc3c(=O)c(C(=O)O)cn(C4CC4)c3c2OC)CC1O.O. The van der Waals surface area contributed by atoms with Crippen LogP contribution < -0.4 is 20.4 Å². The van der Waals surface area contributed by atoms with E-state index in [9.17, 15) is 19.8 Å². The molecule has 2 heterocycles. The predicted molar refractivity (Wildman–Crippen MR) is 105 cm³/mol. The number of pyridine rings is 1. The Morgan fingerprint density at radius 3 is 2.55 bits per heavy atom. The standard InChI is InChI=1S/C19H22FN3O5.H2O/c1-21-13-7-22(8-14(13)24)16-12(20)5-10-15(18(16)28-2)23(9-3-4-9)6-11(17(10)25)19(26)27;/h5-6,9,13-14,21,24H,3-4,7-8H2,1-2H3,(H,26,27);1H2. The molecule has 2 atom stereocenters. The van der Waals surface area contributed by atoms with Crippen LogP contribution in [-0.2, 0) is 0 Å². The Hall–Kier alpha value is -2.69. The van der Waals surface area contributed by atoms with E-state index in [-0.39, 0.29) is 46.5 Å². The minimum atomic E-state index is -1.34. The van der Waals surface area contributed by atoms with Gasteiger partial charge >= 0.3 is 5.97 Å². The van der Waals surface area contributed by atoms with E-state index < -0.39 is 23.3 Å². The highest BCUT2D eigenvalue weighted by atomic mass is 19.1. The summed E-state index contributed by atoms with van der Waals surface area (Å²) in [6.45, 7) is 0.586. The van der Waals surface area contributed by atoms with E-state index in [1.54, 1.807) is 16.5 Å². The van der Waals surface area contributed by atoms with Crippen molar-refractivity contribution in [3.05, 3.63) is 33.9 Å². The van der Waals surface area contributed by atoms with Crippen LogP contribution in [0.5, 0.6) is 5.75 Å². The first-order valence-corrected chi connectivity index (χ1v) is 9.16. The van der Waals surface area contributed by atoms with Gasteiger partial charge in [0, 0.05) is 25.3 Å². The number of aromatic carboxylic acids is 1. The van der Waals surface area contributed by atoms with Crippen LogP contribution in [-0.4, -0.2) is 65.6 Å². The minimum absolute atomic E-state index is 0. The number of carboxylic acid groups (broad SMARTS) is 1. The van der Waals surface area contributed by atoms with Crippen molar-refractivity contribution in [2.75, 3.05) is 32.1 Å². The number of hydrogen-bond donors (Lipinski definition) is 3. The molecule has 0 amide bonds. The van der Waals surface area contributed by atoms with Crippen LogP contribution in [0.4, 0.5) is 10.1 Å². The summed E-state index contributed by atoms with van der Waals surface area (Å²) in [6.07, 6.45) is 2.34. The Bertz CT molecular complexity index is 1020. The summed E-state index contributed by atoms with van der Waals surface area (Å²) in [6, 6.07) is 0.905. The van der Waals surface area contributed by atoms with Gasteiger partial charge < -0.3 is 35.2 Å². The third-order valence-electron chi connectivity index (χ3n) is 5.55. The Morgan fingerprint density at radius 1 is 1.34 bits per heavy atom. The summed E-state index contributed by atoms with van der Waals surface area (Å²) in [7, 11) is 3.12. The second kappa shape index (κ2) is 7.62. The number of hydrogen-bond acceptors (Lipinski definition) is 6. The number of β-amino-alcohol motifs (C(OH)–C–C–N with tert-alkyl or cyclic N) is 1. The van der Waals surface area contributed by atoms with Crippen LogP contribution >= 0.6 is 0 Å². The van der Waals surface area contributed by atoms with Crippen LogP contribution in [0.15, 0.2) is 17.1 Å². The Balaban J connectivity index is 0.00000240. The number of anilines is 1. The third-order valence-corrected chi connectivity index (χ3v) is 5.55. The van der Waals surface area contributed by atoms with Crippen LogP contribution in [0.3, 0.4) is 0 Å². The van der Waals surface area contributed by atoms with Crippen molar-refractivity contribution in [1.29, 1.82) is 0 Å². The lowest BCUT2D eigenvalue weighted by molar-refractivity contribution is 0.0694. The first kappa shape index (κ1) is 21.0. The molecule has 1 saturated carbocycles. The molecular formula is C19H24FN3O6. The number of rotatable bonds is 5. The fraction of sp³-hybridized carbons (Fsp3) is 0.474. The van der Waals surface area contributed by atoms with Crippen molar-refractivity contribution in [3.63, 3.8) is 0 Å². The topological polar surface area (TPSA) is 136 Å². The molecule has 1 saturated heterocycles. The molecule has 9 nitrogen and oxygen atoms in total. The zero-order chi connectivity index (χ0) is 20.2. The van der Waals surface area contributed by atoms with E-state index >= 15 is 4.39 Å². The van der Waals surface area contributed by atoms with Crippen molar-refractivity contribution in [1.82, 2.24) is 9.88 Å². The number of aromatic nitrogens is 1. The van der Waals surface area contributed by atoms with Gasteiger partial charge in [-0.15, -0.1) is 0 Å². The largest absolute Gasteiger partial charge is 0.492 e. The fourth-order valence-electron chi connectivity index (χ4n) is 3.98. The molecular weight excluding hydrogens is 385 g/mol. The summed E-state index contributed by atoms with van der Waals surface area (Å²) in [4.78, 5) is 25.9. The molecule has 0 radical (unpaired) electrons. The highest BCUT2D eigenvalue weighted by Gasteiger charge is 2.36. The Labute approximate surface area is 165 Å². The van der Waals surface area contributed by atoms with E-state index in [0.29, 0.717) is 12.1 Å². The number of ether oxygens (including phenoxy) is 1. The Kier molecular flexibility index (Phi) is 5.52. The molecule has 29 heavy (non-hydrogen) atoms. The number of aliphatic hydroxyl groups excluding tert-OH is 1. The lowest BCUT2D eigenvalue weighted by Gasteiger charge is -2.24. The number of carboxylic acids is 1. The number of nitrogens with one attached hydrogen (secondary N) is 1. The van der Waals surface area contributed by atoms with Crippen molar-refractivity contribution in [2.24, 2.45) is 0 Å². The molecule has 1 aliphatic carbocycles. The average Bonchev–Trinajstić information content (AvgIpc) is 3.43. The summed E-state index contributed by atoms with van der Waals surface area (Å²) in [5.74, 6) is -1.85. The maximum Gasteiger partial charge on any atom is 0.341 e. The zero-order valence-corrected chi connectivity index (χ0v) is 16.1. The van der Waals surface area contributed by atoms with E-state index in [1.807, 2.05) is 0 Å². The van der Waals surface area contributed by atoms with Crippen molar-refractivity contribution >= 4 is 22.6 Å². The first-order chi connectivity index (χ1) is 13.4. The number of methoxy groups -OCH3 is 1. The summed E-state index contributed by atoms with van der Waals surface area (Å²) >= 11 is 0. The van der Waals surface area contributed by atoms with Gasteiger partial charge in [0.1, 0.15) is 11.3 Å². The lowest BCUT2D eigenvalue weighted by Crippen LogP contribution is -2.36. The molecule has 2 fully saturated rings. The van der Waals surface area contributed by atoms with Crippen LogP contribution in [0.25, 0.3) is 10.9 Å². The first-order valence-electron chi connectivity index (χ1n) is 9.16. The van der Waals surface area contributed by atoms with Gasteiger partial charge in [-0.05, 0) is 26.0 Å². The van der Waals surface area contributed by atoms with E-state index in [2.05, 4.69) is 5.32 Å². The maximum absolute atomic E-state index is 15.1. The number of benzene rings is 1. The predicted octanol–water partition coefficient (Wildman–Crippen LogP) is 0.126. The molecule has 2 aromatic rings. The summed E-state index contributed by atoms with van der Waals surface area (Å²) < 4.78 is 22.4. The van der Waals surface area contributed by atoms with Gasteiger partial charge in [-0.25, -0.2) is 9.18 Å². The van der Waals surface area contributed by atoms with Gasteiger partial charge in [0.25, 0.3) is 0 Å². The number of halogens is 1. The van der Waals surface area contributed by atoms with Gasteiger partial charge in [-0.3, -0.25) is 4.79 Å². The lowest BCUT2D eigenvalue weighted by atomic mass is 10.1. The smallest absolute Gasteiger partial charge is 0.341 e. The van der Waals surface area contributed by atoms with Gasteiger partial charge in [0.2, 0.25) is 5.43 Å². The molecule has 5 N–H and O–H groups in total. The van der Waals surface area contributed by atoms with Gasteiger partial charge in [0.05, 0.1) is 30.2 Å². The number of aliphatic hydroxyl groups is 1. The van der Waals surface area contributed by atoms with Crippen LogP contribution in [0.2, 0.25) is 0 Å². The van der Waals surface area contributed by atoms with Crippen molar-refractivity contribution < 1.29 is 29.6 Å².